The predicted octanol–water partition coefficient (Wildman–Crippen LogP) is 4.18. The number of benzene rings is 2. The number of hydrogen-bond donors (Lipinski definition) is 1. The third-order valence-electron chi connectivity index (χ3n) is 4.09. The molecule has 0 aliphatic carbocycles. The first-order valence-corrected chi connectivity index (χ1v) is 8.80. The normalized spacial score (nSPS) is 10.4. The zero-order valence-corrected chi connectivity index (χ0v) is 15.6. The summed E-state index contributed by atoms with van der Waals surface area (Å²) in [5, 5.41) is 8.81. The van der Waals surface area contributed by atoms with Crippen molar-refractivity contribution in [2.45, 2.75) is 33.6 Å². The van der Waals surface area contributed by atoms with Crippen LogP contribution in [0.3, 0.4) is 0 Å². The number of carbonyl (C=O) groups is 1. The number of rotatable bonds is 10. The topological polar surface area (TPSA) is 65.0 Å². The number of aryl methyl sites for hydroxylation is 2. The zero-order chi connectivity index (χ0) is 18.9. The number of hydrogen-bond acceptors (Lipinski definition) is 4. The fraction of sp³-hybridized carbons (Fsp3) is 0.381. The van der Waals surface area contributed by atoms with E-state index in [9.17, 15) is 4.79 Å². The first kappa shape index (κ1) is 19.6. The maximum atomic E-state index is 10.7. The summed E-state index contributed by atoms with van der Waals surface area (Å²) < 4.78 is 17.2. The zero-order valence-electron chi connectivity index (χ0n) is 15.6. The highest BCUT2D eigenvalue weighted by Gasteiger charge is 2.08. The average Bonchev–Trinajstić information content (AvgIpc) is 2.61. The minimum atomic E-state index is -0.813. The van der Waals surface area contributed by atoms with E-state index >= 15 is 0 Å². The van der Waals surface area contributed by atoms with E-state index in [1.807, 2.05) is 44.2 Å². The molecule has 5 nitrogen and oxygen atoms in total. The Bertz CT molecular complexity index is 739. The second kappa shape index (κ2) is 9.70. The van der Waals surface area contributed by atoms with Gasteiger partial charge in [0.05, 0.1) is 6.61 Å². The van der Waals surface area contributed by atoms with Gasteiger partial charge in [0.25, 0.3) is 0 Å². The van der Waals surface area contributed by atoms with Gasteiger partial charge in [-0.15, -0.1) is 0 Å². The van der Waals surface area contributed by atoms with Crippen LogP contribution in [-0.2, 0) is 11.2 Å². The maximum absolute atomic E-state index is 10.7. The summed E-state index contributed by atoms with van der Waals surface area (Å²) in [4.78, 5) is 10.7. The van der Waals surface area contributed by atoms with E-state index in [2.05, 4.69) is 13.0 Å². The van der Waals surface area contributed by atoms with Gasteiger partial charge in [-0.25, -0.2) is 0 Å². The van der Waals surface area contributed by atoms with Crippen LogP contribution in [0.25, 0.3) is 0 Å². The van der Waals surface area contributed by atoms with Crippen molar-refractivity contribution >= 4 is 5.97 Å². The summed E-state index contributed by atoms with van der Waals surface area (Å²) in [6.45, 7) is 7.32. The quantitative estimate of drug-likeness (QED) is 0.646. The SMILES string of the molecule is CCOc1cc(CCC(=O)O)ccc1OCCOc1cccc(C)c1C. The predicted molar refractivity (Wildman–Crippen MR) is 100 cm³/mol. The first-order valence-electron chi connectivity index (χ1n) is 8.80. The molecule has 0 atom stereocenters. The highest BCUT2D eigenvalue weighted by atomic mass is 16.5. The van der Waals surface area contributed by atoms with Crippen molar-refractivity contribution in [2.75, 3.05) is 19.8 Å². The molecule has 0 spiro atoms. The van der Waals surface area contributed by atoms with Crippen molar-refractivity contribution in [1.82, 2.24) is 0 Å². The second-order valence-corrected chi connectivity index (χ2v) is 6.00. The molecule has 0 aliphatic rings. The van der Waals surface area contributed by atoms with Crippen LogP contribution < -0.4 is 14.2 Å². The summed E-state index contributed by atoms with van der Waals surface area (Å²) in [7, 11) is 0. The van der Waals surface area contributed by atoms with Gasteiger partial charge in [0, 0.05) is 6.42 Å². The molecule has 140 valence electrons. The van der Waals surface area contributed by atoms with Crippen LogP contribution in [0.4, 0.5) is 0 Å². The molecule has 1 N–H and O–H groups in total. The number of carboxylic acid groups (broad SMARTS) is 1. The Hall–Kier alpha value is -2.69. The molecule has 2 rings (SSSR count). The van der Waals surface area contributed by atoms with Crippen molar-refractivity contribution in [3.8, 4) is 17.2 Å². The fourth-order valence-electron chi connectivity index (χ4n) is 2.53. The summed E-state index contributed by atoms with van der Waals surface area (Å²) in [6, 6.07) is 11.5. The molecule has 0 unspecified atom stereocenters. The number of carboxylic acids is 1. The summed E-state index contributed by atoms with van der Waals surface area (Å²) in [5.74, 6) is 1.31. The molecule has 2 aromatic rings. The van der Waals surface area contributed by atoms with Gasteiger partial charge < -0.3 is 19.3 Å². The lowest BCUT2D eigenvalue weighted by Crippen LogP contribution is -2.10. The molecule has 0 saturated heterocycles. The molecule has 5 heteroatoms. The molecule has 0 radical (unpaired) electrons. The van der Waals surface area contributed by atoms with Crippen molar-refractivity contribution in [1.29, 1.82) is 0 Å². The Balaban J connectivity index is 1.93. The van der Waals surface area contributed by atoms with Crippen LogP contribution in [-0.4, -0.2) is 30.9 Å². The lowest BCUT2D eigenvalue weighted by molar-refractivity contribution is -0.136. The number of aliphatic carboxylic acids is 1. The lowest BCUT2D eigenvalue weighted by atomic mass is 10.1. The van der Waals surface area contributed by atoms with Crippen molar-refractivity contribution in [3.63, 3.8) is 0 Å². The van der Waals surface area contributed by atoms with Crippen LogP contribution >= 0.6 is 0 Å². The van der Waals surface area contributed by atoms with Crippen LogP contribution in [0, 0.1) is 13.8 Å². The van der Waals surface area contributed by atoms with Gasteiger partial charge >= 0.3 is 5.97 Å². The van der Waals surface area contributed by atoms with E-state index in [-0.39, 0.29) is 6.42 Å². The molecule has 0 saturated carbocycles. The molecule has 26 heavy (non-hydrogen) atoms. The minimum absolute atomic E-state index is 0.0927. The lowest BCUT2D eigenvalue weighted by Gasteiger charge is -2.14. The van der Waals surface area contributed by atoms with Gasteiger partial charge in [0.2, 0.25) is 0 Å². The van der Waals surface area contributed by atoms with E-state index in [4.69, 9.17) is 19.3 Å². The highest BCUT2D eigenvalue weighted by Crippen LogP contribution is 2.29. The summed E-state index contributed by atoms with van der Waals surface area (Å²) in [5.41, 5.74) is 3.24. The van der Waals surface area contributed by atoms with Gasteiger partial charge in [0.1, 0.15) is 19.0 Å². The summed E-state index contributed by atoms with van der Waals surface area (Å²) in [6.07, 6.45) is 0.556. The molecule has 0 heterocycles. The van der Waals surface area contributed by atoms with E-state index in [1.165, 1.54) is 5.56 Å². The van der Waals surface area contributed by atoms with Gasteiger partial charge in [-0.1, -0.05) is 18.2 Å². The Morgan fingerprint density at radius 1 is 0.962 bits per heavy atom. The van der Waals surface area contributed by atoms with Crippen molar-refractivity contribution in [3.05, 3.63) is 53.1 Å². The molecule has 0 aromatic heterocycles. The Morgan fingerprint density at radius 2 is 1.69 bits per heavy atom. The van der Waals surface area contributed by atoms with Gasteiger partial charge in [-0.3, -0.25) is 4.79 Å². The van der Waals surface area contributed by atoms with Crippen LogP contribution in [0.5, 0.6) is 17.2 Å². The van der Waals surface area contributed by atoms with Crippen LogP contribution in [0.15, 0.2) is 36.4 Å². The fourth-order valence-corrected chi connectivity index (χ4v) is 2.53. The monoisotopic (exact) mass is 358 g/mol. The Kier molecular flexibility index (Phi) is 7.33. The maximum Gasteiger partial charge on any atom is 0.303 e. The molecule has 0 bridgehead atoms. The smallest absolute Gasteiger partial charge is 0.303 e. The molecule has 0 amide bonds. The molecule has 0 aliphatic heterocycles. The highest BCUT2D eigenvalue weighted by molar-refractivity contribution is 5.67. The van der Waals surface area contributed by atoms with Crippen molar-refractivity contribution < 1.29 is 24.1 Å². The minimum Gasteiger partial charge on any atom is -0.490 e. The van der Waals surface area contributed by atoms with Crippen LogP contribution in [0.2, 0.25) is 0 Å². The third kappa shape index (κ3) is 5.69. The molecular formula is C21H26O5. The van der Waals surface area contributed by atoms with Gasteiger partial charge in [-0.05, 0) is 62.1 Å². The van der Waals surface area contributed by atoms with E-state index in [0.29, 0.717) is 37.7 Å². The molecular weight excluding hydrogens is 332 g/mol. The third-order valence-corrected chi connectivity index (χ3v) is 4.09. The van der Waals surface area contributed by atoms with E-state index in [1.54, 1.807) is 0 Å². The Morgan fingerprint density at radius 3 is 2.38 bits per heavy atom. The largest absolute Gasteiger partial charge is 0.490 e. The van der Waals surface area contributed by atoms with Crippen LogP contribution in [0.1, 0.15) is 30.0 Å². The van der Waals surface area contributed by atoms with Gasteiger partial charge in [-0.2, -0.15) is 0 Å². The second-order valence-electron chi connectivity index (χ2n) is 6.00. The average molecular weight is 358 g/mol. The standard InChI is InChI=1S/C21H26O5/c1-4-24-20-14-17(9-11-21(22)23)8-10-19(20)26-13-12-25-18-7-5-6-15(2)16(18)3/h5-8,10,14H,4,9,11-13H2,1-3H3,(H,22,23). The van der Waals surface area contributed by atoms with Crippen molar-refractivity contribution in [2.24, 2.45) is 0 Å². The molecule has 0 fully saturated rings. The molecule has 2 aromatic carbocycles. The summed E-state index contributed by atoms with van der Waals surface area (Å²) >= 11 is 0. The van der Waals surface area contributed by atoms with E-state index in [0.717, 1.165) is 16.9 Å². The number of ether oxygens (including phenoxy) is 3. The van der Waals surface area contributed by atoms with Gasteiger partial charge in [0.15, 0.2) is 11.5 Å². The van der Waals surface area contributed by atoms with E-state index < -0.39 is 5.97 Å². The Labute approximate surface area is 154 Å². The first-order chi connectivity index (χ1) is 12.5.